The molecule has 1 aromatic rings. The Bertz CT molecular complexity index is 355. The van der Waals surface area contributed by atoms with Crippen molar-refractivity contribution in [2.75, 3.05) is 0 Å². The molecule has 1 aliphatic carbocycles. The number of aryl methyl sites for hydroxylation is 1. The highest BCUT2D eigenvalue weighted by Crippen LogP contribution is 2.54. The number of hydrogen-bond donors (Lipinski definition) is 1. The van der Waals surface area contributed by atoms with E-state index in [2.05, 4.69) is 0 Å². The minimum Gasteiger partial charge on any atom is -0.388 e. The standard InChI is InChI=1S/C12H15FO/c1-8-3-4-9(7-10(8)13)11(14)12(2)5-6-12/h3-4,7,11,14H,5-6H2,1-2H3. The Balaban J connectivity index is 2.28. The molecule has 0 aliphatic heterocycles. The predicted octanol–water partition coefficient (Wildman–Crippen LogP) is 2.97. The molecule has 1 unspecified atom stereocenters. The monoisotopic (exact) mass is 194 g/mol. The van der Waals surface area contributed by atoms with Gasteiger partial charge in [-0.05, 0) is 42.4 Å². The molecule has 76 valence electrons. The maximum Gasteiger partial charge on any atom is 0.126 e. The van der Waals surface area contributed by atoms with Crippen molar-refractivity contribution < 1.29 is 9.50 Å². The van der Waals surface area contributed by atoms with E-state index in [1.807, 2.05) is 13.0 Å². The molecule has 1 N–H and O–H groups in total. The van der Waals surface area contributed by atoms with Crippen molar-refractivity contribution in [2.45, 2.75) is 32.8 Å². The van der Waals surface area contributed by atoms with Crippen LogP contribution in [0.2, 0.25) is 0 Å². The van der Waals surface area contributed by atoms with Crippen LogP contribution in [0.1, 0.15) is 37.0 Å². The van der Waals surface area contributed by atoms with Crippen LogP contribution in [0.15, 0.2) is 18.2 Å². The minimum absolute atomic E-state index is 0.0122. The van der Waals surface area contributed by atoms with E-state index < -0.39 is 6.10 Å². The summed E-state index contributed by atoms with van der Waals surface area (Å²) in [5.41, 5.74) is 1.32. The van der Waals surface area contributed by atoms with Gasteiger partial charge in [0.25, 0.3) is 0 Å². The Kier molecular flexibility index (Phi) is 2.11. The van der Waals surface area contributed by atoms with Gasteiger partial charge in [0.15, 0.2) is 0 Å². The third-order valence-corrected chi connectivity index (χ3v) is 3.21. The van der Waals surface area contributed by atoms with Gasteiger partial charge in [-0.1, -0.05) is 19.1 Å². The van der Waals surface area contributed by atoms with Gasteiger partial charge in [-0.2, -0.15) is 0 Å². The van der Waals surface area contributed by atoms with Gasteiger partial charge in [-0.25, -0.2) is 4.39 Å². The Labute approximate surface area is 83.6 Å². The zero-order valence-electron chi connectivity index (χ0n) is 8.55. The van der Waals surface area contributed by atoms with Gasteiger partial charge in [0.1, 0.15) is 5.82 Å². The Morgan fingerprint density at radius 2 is 2.07 bits per heavy atom. The van der Waals surface area contributed by atoms with E-state index in [1.165, 1.54) is 6.07 Å². The van der Waals surface area contributed by atoms with Crippen LogP contribution in [0, 0.1) is 18.2 Å². The predicted molar refractivity (Wildman–Crippen MR) is 53.4 cm³/mol. The Morgan fingerprint density at radius 3 is 2.57 bits per heavy atom. The molecule has 14 heavy (non-hydrogen) atoms. The molecule has 1 saturated carbocycles. The molecular formula is C12H15FO. The second-order valence-electron chi connectivity index (χ2n) is 4.57. The van der Waals surface area contributed by atoms with Gasteiger partial charge in [0.2, 0.25) is 0 Å². The summed E-state index contributed by atoms with van der Waals surface area (Å²) in [6.07, 6.45) is 1.55. The fourth-order valence-electron chi connectivity index (χ4n) is 1.65. The summed E-state index contributed by atoms with van der Waals surface area (Å²) in [5, 5.41) is 9.97. The summed E-state index contributed by atoms with van der Waals surface area (Å²) in [6.45, 7) is 3.76. The van der Waals surface area contributed by atoms with E-state index in [0.29, 0.717) is 11.1 Å². The van der Waals surface area contributed by atoms with Gasteiger partial charge < -0.3 is 5.11 Å². The zero-order valence-corrected chi connectivity index (χ0v) is 8.55. The van der Waals surface area contributed by atoms with Crippen molar-refractivity contribution in [2.24, 2.45) is 5.41 Å². The van der Waals surface area contributed by atoms with Crippen LogP contribution in [-0.4, -0.2) is 5.11 Å². The largest absolute Gasteiger partial charge is 0.388 e. The zero-order chi connectivity index (χ0) is 10.3. The molecular weight excluding hydrogens is 179 g/mol. The molecule has 0 aromatic heterocycles. The highest BCUT2D eigenvalue weighted by molar-refractivity contribution is 5.27. The van der Waals surface area contributed by atoms with E-state index in [1.54, 1.807) is 13.0 Å². The average Bonchev–Trinajstić information content (AvgIpc) is 2.89. The number of hydrogen-bond acceptors (Lipinski definition) is 1. The molecule has 1 nitrogen and oxygen atoms in total. The summed E-state index contributed by atoms with van der Waals surface area (Å²) < 4.78 is 13.2. The molecule has 0 heterocycles. The molecule has 0 saturated heterocycles. The van der Waals surface area contributed by atoms with Crippen molar-refractivity contribution in [1.82, 2.24) is 0 Å². The summed E-state index contributed by atoms with van der Waals surface area (Å²) in [7, 11) is 0. The third-order valence-electron chi connectivity index (χ3n) is 3.21. The summed E-state index contributed by atoms with van der Waals surface area (Å²) in [5.74, 6) is -0.231. The van der Waals surface area contributed by atoms with Crippen molar-refractivity contribution in [3.8, 4) is 0 Å². The van der Waals surface area contributed by atoms with Crippen molar-refractivity contribution in [1.29, 1.82) is 0 Å². The maximum absolute atomic E-state index is 13.2. The van der Waals surface area contributed by atoms with Gasteiger partial charge in [0, 0.05) is 0 Å². The molecule has 0 radical (unpaired) electrons. The second kappa shape index (κ2) is 3.06. The molecule has 1 fully saturated rings. The van der Waals surface area contributed by atoms with Crippen LogP contribution in [0.5, 0.6) is 0 Å². The van der Waals surface area contributed by atoms with Gasteiger partial charge in [-0.15, -0.1) is 0 Å². The first-order valence-corrected chi connectivity index (χ1v) is 4.97. The van der Waals surface area contributed by atoms with Gasteiger partial charge >= 0.3 is 0 Å². The fourth-order valence-corrected chi connectivity index (χ4v) is 1.65. The number of rotatable bonds is 2. The van der Waals surface area contributed by atoms with Crippen molar-refractivity contribution >= 4 is 0 Å². The first-order valence-electron chi connectivity index (χ1n) is 4.97. The normalized spacial score (nSPS) is 20.6. The highest BCUT2D eigenvalue weighted by Gasteiger charge is 2.44. The molecule has 0 amide bonds. The number of aliphatic hydroxyl groups is 1. The van der Waals surface area contributed by atoms with Crippen LogP contribution in [0.25, 0.3) is 0 Å². The first kappa shape index (κ1) is 9.66. The lowest BCUT2D eigenvalue weighted by Crippen LogP contribution is -2.09. The summed E-state index contributed by atoms with van der Waals surface area (Å²) in [6, 6.07) is 4.98. The molecule has 0 spiro atoms. The number of aliphatic hydroxyl groups excluding tert-OH is 1. The van der Waals surface area contributed by atoms with E-state index in [-0.39, 0.29) is 11.2 Å². The van der Waals surface area contributed by atoms with Crippen molar-refractivity contribution in [3.63, 3.8) is 0 Å². The van der Waals surface area contributed by atoms with E-state index in [0.717, 1.165) is 12.8 Å². The lowest BCUT2D eigenvalue weighted by Gasteiger charge is -2.18. The average molecular weight is 194 g/mol. The molecule has 2 heteroatoms. The maximum atomic E-state index is 13.2. The third kappa shape index (κ3) is 1.55. The SMILES string of the molecule is Cc1ccc(C(O)C2(C)CC2)cc1F. The number of halogens is 1. The van der Waals surface area contributed by atoms with Crippen LogP contribution in [0.4, 0.5) is 4.39 Å². The molecule has 1 atom stereocenters. The number of benzene rings is 1. The second-order valence-corrected chi connectivity index (χ2v) is 4.57. The molecule has 1 aliphatic rings. The quantitative estimate of drug-likeness (QED) is 0.767. The van der Waals surface area contributed by atoms with Gasteiger partial charge in [0.05, 0.1) is 6.10 Å². The fraction of sp³-hybridized carbons (Fsp3) is 0.500. The summed E-state index contributed by atoms with van der Waals surface area (Å²) in [4.78, 5) is 0. The summed E-state index contributed by atoms with van der Waals surface area (Å²) >= 11 is 0. The Morgan fingerprint density at radius 1 is 1.43 bits per heavy atom. The van der Waals surface area contributed by atoms with E-state index in [4.69, 9.17) is 0 Å². The molecule has 1 aromatic carbocycles. The highest BCUT2D eigenvalue weighted by atomic mass is 19.1. The van der Waals surface area contributed by atoms with E-state index in [9.17, 15) is 9.50 Å². The van der Waals surface area contributed by atoms with Crippen LogP contribution >= 0.6 is 0 Å². The lowest BCUT2D eigenvalue weighted by molar-refractivity contribution is 0.103. The van der Waals surface area contributed by atoms with Crippen LogP contribution < -0.4 is 0 Å². The molecule has 0 bridgehead atoms. The smallest absolute Gasteiger partial charge is 0.126 e. The van der Waals surface area contributed by atoms with Crippen molar-refractivity contribution in [3.05, 3.63) is 35.1 Å². The lowest BCUT2D eigenvalue weighted by atomic mass is 9.94. The van der Waals surface area contributed by atoms with E-state index >= 15 is 0 Å². The van der Waals surface area contributed by atoms with Crippen LogP contribution in [0.3, 0.4) is 0 Å². The first-order chi connectivity index (χ1) is 6.53. The molecule has 2 rings (SSSR count). The minimum atomic E-state index is -0.516. The van der Waals surface area contributed by atoms with Crippen LogP contribution in [-0.2, 0) is 0 Å². The van der Waals surface area contributed by atoms with Gasteiger partial charge in [-0.3, -0.25) is 0 Å². The Hall–Kier alpha value is -0.890. The topological polar surface area (TPSA) is 20.2 Å².